The second-order valence-electron chi connectivity index (χ2n) is 2.27. The van der Waals surface area contributed by atoms with Crippen LogP contribution in [0.4, 0.5) is 0 Å². The second-order valence-corrected chi connectivity index (χ2v) is 16.8. The fraction of sp³-hybridized carbons (Fsp3) is 1.00. The van der Waals surface area contributed by atoms with Crippen LogP contribution in [0.25, 0.3) is 0 Å². The van der Waals surface area contributed by atoms with E-state index in [-0.39, 0.29) is 6.34 Å². The van der Waals surface area contributed by atoms with Crippen molar-refractivity contribution < 1.29 is 0 Å². The molecular formula is C6H16SiTe+. The molecule has 0 saturated heterocycles. The van der Waals surface area contributed by atoms with Gasteiger partial charge >= 0.3 is 63.8 Å². The fourth-order valence-electron chi connectivity index (χ4n) is 0.463. The summed E-state index contributed by atoms with van der Waals surface area (Å²) in [4.78, 5) is 0. The van der Waals surface area contributed by atoms with Crippen molar-refractivity contribution in [1.82, 2.24) is 0 Å². The zero-order valence-corrected chi connectivity index (χ0v) is 9.59. The van der Waals surface area contributed by atoms with Crippen molar-refractivity contribution in [3.8, 4) is 0 Å². The van der Waals surface area contributed by atoms with Gasteiger partial charge in [-0.3, -0.25) is 0 Å². The number of unbranched alkanes of at least 4 members (excludes halogenated alkanes) is 1. The first kappa shape index (κ1) is 9.01. The minimum absolute atomic E-state index is 0.0721. The van der Waals surface area contributed by atoms with Gasteiger partial charge in [0.2, 0.25) is 0 Å². The summed E-state index contributed by atoms with van der Waals surface area (Å²) in [5.41, 5.74) is 0. The van der Waals surface area contributed by atoms with Crippen LogP contribution in [0.1, 0.15) is 19.8 Å². The Morgan fingerprint density at radius 3 is 2.38 bits per heavy atom. The third kappa shape index (κ3) is 7.01. The summed E-state index contributed by atoms with van der Waals surface area (Å²) in [5, 5.41) is 0. The topological polar surface area (TPSA) is 0 Å². The van der Waals surface area contributed by atoms with Gasteiger partial charge in [0, 0.05) is 0 Å². The molecule has 49 valence electrons. The molecule has 0 fully saturated rings. The molecule has 0 atom stereocenters. The molecule has 0 aromatic heterocycles. The standard InChI is InChI=1S/C6H16SiTe/c1-4-5-6-8-7(2)3/h7H,4-6H2,1-3H3/q+1. The van der Waals surface area contributed by atoms with Gasteiger partial charge in [0.15, 0.2) is 0 Å². The van der Waals surface area contributed by atoms with Crippen molar-refractivity contribution in [2.45, 2.75) is 37.3 Å². The summed E-state index contributed by atoms with van der Waals surface area (Å²) in [5.74, 6) is 0. The van der Waals surface area contributed by atoms with E-state index in [2.05, 4.69) is 20.0 Å². The monoisotopic (exact) mass is 246 g/mol. The molecule has 0 aliphatic rings. The van der Waals surface area contributed by atoms with E-state index >= 15 is 0 Å². The Morgan fingerprint density at radius 1 is 1.38 bits per heavy atom. The molecule has 0 amide bonds. The molecule has 0 rings (SSSR count). The van der Waals surface area contributed by atoms with Gasteiger partial charge < -0.3 is 0 Å². The molecule has 8 heavy (non-hydrogen) atoms. The molecule has 0 unspecified atom stereocenters. The average Bonchev–Trinajstić information content (AvgIpc) is 1.66. The Labute approximate surface area is 63.8 Å². The van der Waals surface area contributed by atoms with Crippen molar-refractivity contribution >= 4 is 26.5 Å². The van der Waals surface area contributed by atoms with E-state index in [4.69, 9.17) is 0 Å². The van der Waals surface area contributed by atoms with Gasteiger partial charge in [-0.05, 0) is 0 Å². The number of hydrogen-bond donors (Lipinski definition) is 0. The van der Waals surface area contributed by atoms with E-state index in [1.54, 1.807) is 4.47 Å². The van der Waals surface area contributed by atoms with Crippen molar-refractivity contribution in [2.75, 3.05) is 0 Å². The van der Waals surface area contributed by atoms with Crippen molar-refractivity contribution in [1.29, 1.82) is 0 Å². The molecule has 0 bridgehead atoms. The molecular weight excluding hydrogens is 228 g/mol. The Hall–Kier alpha value is 1.01. The fourth-order valence-corrected chi connectivity index (χ4v) is 7.39. The maximum absolute atomic E-state index is 2.48. The Balaban J connectivity index is 2.72. The number of rotatable bonds is 4. The van der Waals surface area contributed by atoms with E-state index in [0.29, 0.717) is 20.1 Å². The second kappa shape index (κ2) is 6.13. The van der Waals surface area contributed by atoms with Crippen LogP contribution in [0.3, 0.4) is 0 Å². The van der Waals surface area contributed by atoms with Crippen molar-refractivity contribution in [2.24, 2.45) is 0 Å². The van der Waals surface area contributed by atoms with Crippen LogP contribution in [0, 0.1) is 0 Å². The minimum atomic E-state index is -0.0721. The van der Waals surface area contributed by atoms with E-state index < -0.39 is 0 Å². The predicted molar refractivity (Wildman–Crippen MR) is 44.3 cm³/mol. The van der Waals surface area contributed by atoms with E-state index in [9.17, 15) is 0 Å². The Bertz CT molecular complexity index is 45.8. The number of hydrogen-bond acceptors (Lipinski definition) is 0. The van der Waals surface area contributed by atoms with E-state index in [0.717, 1.165) is 0 Å². The summed E-state index contributed by atoms with van der Waals surface area (Å²) in [6.45, 7) is 7.25. The molecule has 0 aliphatic heterocycles. The summed E-state index contributed by atoms with van der Waals surface area (Å²) in [7, 11) is 0. The normalized spacial score (nSPS) is 10.5. The van der Waals surface area contributed by atoms with Gasteiger partial charge in [0.05, 0.1) is 0 Å². The SMILES string of the molecule is CCCC[Te+][SiH](C)C. The molecule has 1 radical (unpaired) electrons. The third-order valence-electron chi connectivity index (χ3n) is 0.949. The average molecular weight is 244 g/mol. The van der Waals surface area contributed by atoms with Crippen LogP contribution in [0.2, 0.25) is 17.6 Å². The van der Waals surface area contributed by atoms with Gasteiger partial charge in [0.1, 0.15) is 0 Å². The Morgan fingerprint density at radius 2 is 2.00 bits per heavy atom. The molecule has 0 spiro atoms. The summed E-state index contributed by atoms with van der Waals surface area (Å²) >= 11 is 0.543. The molecule has 0 N–H and O–H groups in total. The van der Waals surface area contributed by atoms with Gasteiger partial charge in [0.25, 0.3) is 0 Å². The first-order valence-electron chi connectivity index (χ1n) is 3.39. The zero-order valence-electron chi connectivity index (χ0n) is 6.11. The van der Waals surface area contributed by atoms with Gasteiger partial charge in [-0.15, -0.1) is 0 Å². The van der Waals surface area contributed by atoms with Crippen LogP contribution in [-0.2, 0) is 0 Å². The molecule has 0 heterocycles. The van der Waals surface area contributed by atoms with Crippen LogP contribution >= 0.6 is 0 Å². The van der Waals surface area contributed by atoms with E-state index in [1.807, 2.05) is 0 Å². The van der Waals surface area contributed by atoms with Crippen LogP contribution < -0.4 is 0 Å². The van der Waals surface area contributed by atoms with Gasteiger partial charge in [-0.2, -0.15) is 0 Å². The molecule has 0 saturated carbocycles. The van der Waals surface area contributed by atoms with Gasteiger partial charge in [-0.25, -0.2) is 0 Å². The van der Waals surface area contributed by atoms with Crippen molar-refractivity contribution in [3.63, 3.8) is 0 Å². The molecule has 0 aromatic carbocycles. The van der Waals surface area contributed by atoms with Crippen LogP contribution in [0.5, 0.6) is 0 Å². The van der Waals surface area contributed by atoms with Gasteiger partial charge in [-0.1, -0.05) is 0 Å². The predicted octanol–water partition coefficient (Wildman–Crippen LogP) is 1.89. The third-order valence-corrected chi connectivity index (χ3v) is 10.4. The molecule has 2 heteroatoms. The zero-order chi connectivity index (χ0) is 6.41. The summed E-state index contributed by atoms with van der Waals surface area (Å²) in [6, 6.07) is 0. The quantitative estimate of drug-likeness (QED) is 0.523. The molecule has 0 aromatic rings. The Kier molecular flexibility index (Phi) is 6.90. The first-order chi connectivity index (χ1) is 3.77. The first-order valence-corrected chi connectivity index (χ1v) is 11.9. The van der Waals surface area contributed by atoms with Crippen LogP contribution in [-0.4, -0.2) is 26.5 Å². The summed E-state index contributed by atoms with van der Waals surface area (Å²) in [6.07, 6.45) is 2.84. The van der Waals surface area contributed by atoms with Crippen molar-refractivity contribution in [3.05, 3.63) is 0 Å². The molecule has 0 aliphatic carbocycles. The summed E-state index contributed by atoms with van der Waals surface area (Å²) < 4.78 is 1.62. The molecule has 0 nitrogen and oxygen atoms in total. The van der Waals surface area contributed by atoms with Crippen LogP contribution in [0.15, 0.2) is 0 Å². The van der Waals surface area contributed by atoms with E-state index in [1.165, 1.54) is 12.8 Å². The maximum atomic E-state index is 2.48.